The standard InChI is InChI=1S/C17H20FN5/c18-14-1-3-15(4-2-14)22-7-9-23(10-8-22)17-20-12-13-11-19-6-5-16(13)21-17/h1-4,12,19H,5-11H2. The molecule has 0 atom stereocenters. The van der Waals surface area contributed by atoms with Crippen molar-refractivity contribution < 1.29 is 4.39 Å². The van der Waals surface area contributed by atoms with Gasteiger partial charge in [-0.2, -0.15) is 0 Å². The zero-order chi connectivity index (χ0) is 15.6. The minimum atomic E-state index is -0.190. The Morgan fingerprint density at radius 2 is 1.74 bits per heavy atom. The van der Waals surface area contributed by atoms with Gasteiger partial charge >= 0.3 is 0 Å². The number of hydrogen-bond donors (Lipinski definition) is 1. The first kappa shape index (κ1) is 14.4. The summed E-state index contributed by atoms with van der Waals surface area (Å²) in [6.45, 7) is 5.42. The van der Waals surface area contributed by atoms with Crippen LogP contribution in [0.15, 0.2) is 30.5 Å². The number of piperazine rings is 1. The van der Waals surface area contributed by atoms with Gasteiger partial charge in [0.2, 0.25) is 5.95 Å². The summed E-state index contributed by atoms with van der Waals surface area (Å²) < 4.78 is 13.0. The molecule has 0 unspecified atom stereocenters. The highest BCUT2D eigenvalue weighted by Crippen LogP contribution is 2.20. The maximum absolute atomic E-state index is 13.0. The maximum atomic E-state index is 13.0. The molecule has 4 rings (SSSR count). The molecule has 0 amide bonds. The minimum absolute atomic E-state index is 0.190. The number of nitrogens with one attached hydrogen (secondary N) is 1. The number of nitrogens with zero attached hydrogens (tertiary/aromatic N) is 4. The summed E-state index contributed by atoms with van der Waals surface area (Å²) in [6, 6.07) is 6.71. The van der Waals surface area contributed by atoms with Gasteiger partial charge in [-0.25, -0.2) is 14.4 Å². The van der Waals surface area contributed by atoms with Crippen LogP contribution in [0.25, 0.3) is 0 Å². The topological polar surface area (TPSA) is 44.3 Å². The molecule has 2 aromatic rings. The van der Waals surface area contributed by atoms with E-state index in [0.29, 0.717) is 0 Å². The van der Waals surface area contributed by atoms with E-state index in [4.69, 9.17) is 4.98 Å². The first-order valence-electron chi connectivity index (χ1n) is 8.10. The monoisotopic (exact) mass is 313 g/mol. The van der Waals surface area contributed by atoms with Crippen molar-refractivity contribution in [3.63, 3.8) is 0 Å². The van der Waals surface area contributed by atoms with E-state index in [-0.39, 0.29) is 5.82 Å². The molecule has 1 saturated heterocycles. The third kappa shape index (κ3) is 2.99. The van der Waals surface area contributed by atoms with Crippen molar-refractivity contribution in [1.82, 2.24) is 15.3 Å². The van der Waals surface area contributed by atoms with Gasteiger partial charge in [-0.3, -0.25) is 0 Å². The lowest BCUT2D eigenvalue weighted by molar-refractivity contribution is 0.608. The predicted molar refractivity (Wildman–Crippen MR) is 88.3 cm³/mol. The quantitative estimate of drug-likeness (QED) is 0.912. The van der Waals surface area contributed by atoms with Gasteiger partial charge in [0, 0.05) is 63.1 Å². The number of anilines is 2. The van der Waals surface area contributed by atoms with Gasteiger partial charge in [-0.1, -0.05) is 0 Å². The number of halogens is 1. The summed E-state index contributed by atoms with van der Waals surface area (Å²) in [4.78, 5) is 13.8. The van der Waals surface area contributed by atoms with Gasteiger partial charge in [0.15, 0.2) is 0 Å². The zero-order valence-corrected chi connectivity index (χ0v) is 13.0. The lowest BCUT2D eigenvalue weighted by Gasteiger charge is -2.36. The Labute approximate surface area is 135 Å². The summed E-state index contributed by atoms with van der Waals surface area (Å²) in [6.07, 6.45) is 2.93. The second-order valence-electron chi connectivity index (χ2n) is 6.02. The summed E-state index contributed by atoms with van der Waals surface area (Å²) in [7, 11) is 0. The largest absolute Gasteiger partial charge is 0.368 e. The molecule has 3 heterocycles. The summed E-state index contributed by atoms with van der Waals surface area (Å²) in [5.74, 6) is 0.647. The zero-order valence-electron chi connectivity index (χ0n) is 13.0. The molecule has 23 heavy (non-hydrogen) atoms. The van der Waals surface area contributed by atoms with Crippen molar-refractivity contribution in [3.05, 3.63) is 47.5 Å². The predicted octanol–water partition coefficient (Wildman–Crippen LogP) is 1.59. The molecule has 2 aliphatic rings. The fourth-order valence-corrected chi connectivity index (χ4v) is 3.19. The van der Waals surface area contributed by atoms with Crippen LogP contribution in [-0.2, 0) is 13.0 Å². The first-order valence-corrected chi connectivity index (χ1v) is 8.10. The number of aromatic nitrogens is 2. The van der Waals surface area contributed by atoms with Crippen LogP contribution in [0.5, 0.6) is 0 Å². The van der Waals surface area contributed by atoms with Crippen LogP contribution in [-0.4, -0.2) is 42.7 Å². The van der Waals surface area contributed by atoms with E-state index in [2.05, 4.69) is 20.1 Å². The van der Waals surface area contributed by atoms with Crippen LogP contribution < -0.4 is 15.1 Å². The molecule has 120 valence electrons. The number of fused-ring (bicyclic) bond motifs is 1. The molecule has 2 aliphatic heterocycles. The molecule has 0 saturated carbocycles. The Hall–Kier alpha value is -2.21. The van der Waals surface area contributed by atoms with Crippen molar-refractivity contribution in [2.45, 2.75) is 13.0 Å². The number of rotatable bonds is 2. The summed E-state index contributed by atoms with van der Waals surface area (Å²) >= 11 is 0. The molecule has 6 heteroatoms. The molecular weight excluding hydrogens is 293 g/mol. The highest BCUT2D eigenvalue weighted by Gasteiger charge is 2.21. The number of benzene rings is 1. The van der Waals surface area contributed by atoms with Gasteiger partial charge in [0.1, 0.15) is 5.82 Å². The van der Waals surface area contributed by atoms with E-state index < -0.39 is 0 Å². The molecule has 0 spiro atoms. The molecule has 1 fully saturated rings. The molecule has 1 aromatic carbocycles. The molecule has 5 nitrogen and oxygen atoms in total. The van der Waals surface area contributed by atoms with Gasteiger partial charge in [0.05, 0.1) is 5.69 Å². The Kier molecular flexibility index (Phi) is 3.83. The molecule has 1 N–H and O–H groups in total. The lowest BCUT2D eigenvalue weighted by atomic mass is 10.1. The maximum Gasteiger partial charge on any atom is 0.225 e. The van der Waals surface area contributed by atoms with Gasteiger partial charge in [-0.05, 0) is 24.3 Å². The molecule has 0 bridgehead atoms. The van der Waals surface area contributed by atoms with E-state index in [9.17, 15) is 4.39 Å². The highest BCUT2D eigenvalue weighted by molar-refractivity contribution is 5.48. The van der Waals surface area contributed by atoms with Crippen LogP contribution in [0.2, 0.25) is 0 Å². The van der Waals surface area contributed by atoms with E-state index in [0.717, 1.165) is 57.3 Å². The second kappa shape index (κ2) is 6.12. The van der Waals surface area contributed by atoms with Crippen molar-refractivity contribution in [2.24, 2.45) is 0 Å². The van der Waals surface area contributed by atoms with Gasteiger partial charge in [-0.15, -0.1) is 0 Å². The van der Waals surface area contributed by atoms with E-state index in [1.165, 1.54) is 23.4 Å². The highest BCUT2D eigenvalue weighted by atomic mass is 19.1. The van der Waals surface area contributed by atoms with Crippen molar-refractivity contribution in [2.75, 3.05) is 42.5 Å². The SMILES string of the molecule is Fc1ccc(N2CCN(c3ncc4c(n3)CCNC4)CC2)cc1. The lowest BCUT2D eigenvalue weighted by Crippen LogP contribution is -2.47. The van der Waals surface area contributed by atoms with Crippen LogP contribution in [0.3, 0.4) is 0 Å². The average molecular weight is 313 g/mol. The molecule has 1 aromatic heterocycles. The smallest absolute Gasteiger partial charge is 0.225 e. The normalized spacial score (nSPS) is 18.0. The fourth-order valence-electron chi connectivity index (χ4n) is 3.19. The summed E-state index contributed by atoms with van der Waals surface area (Å²) in [5.41, 5.74) is 3.46. The van der Waals surface area contributed by atoms with Gasteiger partial charge in [0.25, 0.3) is 0 Å². The minimum Gasteiger partial charge on any atom is -0.368 e. The van der Waals surface area contributed by atoms with Crippen LogP contribution >= 0.6 is 0 Å². The first-order chi connectivity index (χ1) is 11.3. The molecule has 0 radical (unpaired) electrons. The molecule has 0 aliphatic carbocycles. The third-order valence-electron chi connectivity index (χ3n) is 4.55. The second-order valence-corrected chi connectivity index (χ2v) is 6.02. The van der Waals surface area contributed by atoms with Crippen molar-refractivity contribution in [1.29, 1.82) is 0 Å². The van der Waals surface area contributed by atoms with Gasteiger partial charge < -0.3 is 15.1 Å². The van der Waals surface area contributed by atoms with Crippen LogP contribution in [0.4, 0.5) is 16.0 Å². The number of hydrogen-bond acceptors (Lipinski definition) is 5. The van der Waals surface area contributed by atoms with E-state index in [1.54, 1.807) is 0 Å². The Morgan fingerprint density at radius 1 is 1.00 bits per heavy atom. The Bertz CT molecular complexity index is 680. The Balaban J connectivity index is 1.44. The summed E-state index contributed by atoms with van der Waals surface area (Å²) in [5, 5.41) is 3.34. The van der Waals surface area contributed by atoms with Crippen LogP contribution in [0.1, 0.15) is 11.3 Å². The van der Waals surface area contributed by atoms with E-state index in [1.807, 2.05) is 18.3 Å². The fraction of sp³-hybridized carbons (Fsp3) is 0.412. The molecular formula is C17H20FN5. The van der Waals surface area contributed by atoms with E-state index >= 15 is 0 Å². The van der Waals surface area contributed by atoms with Crippen molar-refractivity contribution in [3.8, 4) is 0 Å². The third-order valence-corrected chi connectivity index (χ3v) is 4.55. The van der Waals surface area contributed by atoms with Crippen LogP contribution in [0, 0.1) is 5.82 Å². The Morgan fingerprint density at radius 3 is 2.52 bits per heavy atom. The van der Waals surface area contributed by atoms with Crippen molar-refractivity contribution >= 4 is 11.6 Å². The average Bonchev–Trinajstić information content (AvgIpc) is 2.62.